The molecular weight excluding hydrogens is 584 g/mol. The summed E-state index contributed by atoms with van der Waals surface area (Å²) in [7, 11) is 1.46. The van der Waals surface area contributed by atoms with Gasteiger partial charge in [0.15, 0.2) is 12.6 Å². The van der Waals surface area contributed by atoms with Crippen molar-refractivity contribution in [1.82, 2.24) is 0 Å². The van der Waals surface area contributed by atoms with Gasteiger partial charge in [0.05, 0.1) is 18.3 Å². The van der Waals surface area contributed by atoms with Gasteiger partial charge in [-0.15, -0.1) is 0 Å². The van der Waals surface area contributed by atoms with Crippen LogP contribution in [0.25, 0.3) is 6.08 Å². The van der Waals surface area contributed by atoms with Crippen molar-refractivity contribution in [3.8, 4) is 11.5 Å². The Bertz CT molecular complexity index is 1350. The van der Waals surface area contributed by atoms with Gasteiger partial charge in [-0.3, -0.25) is 0 Å². The molecular formula is C34H42O11. The maximum absolute atomic E-state index is 13.6. The summed E-state index contributed by atoms with van der Waals surface area (Å²) in [5.41, 5.74) is 0.993. The second-order valence-corrected chi connectivity index (χ2v) is 11.5. The van der Waals surface area contributed by atoms with Gasteiger partial charge in [-0.2, -0.15) is 0 Å². The molecule has 45 heavy (non-hydrogen) atoms. The van der Waals surface area contributed by atoms with Gasteiger partial charge in [-0.25, -0.2) is 9.59 Å². The molecule has 6 atom stereocenters. The number of methoxy groups -OCH3 is 1. The molecule has 0 amide bonds. The Morgan fingerprint density at radius 1 is 1.09 bits per heavy atom. The first kappa shape index (κ1) is 34.1. The van der Waals surface area contributed by atoms with Crippen molar-refractivity contribution in [2.75, 3.05) is 27.1 Å². The fourth-order valence-corrected chi connectivity index (χ4v) is 4.94. The van der Waals surface area contributed by atoms with E-state index in [0.29, 0.717) is 23.3 Å². The molecule has 2 heterocycles. The lowest BCUT2D eigenvalue weighted by Gasteiger charge is -2.26. The topological polar surface area (TPSA) is 139 Å². The Morgan fingerprint density at radius 3 is 2.56 bits per heavy atom. The summed E-state index contributed by atoms with van der Waals surface area (Å²) in [6.45, 7) is 6.45. The molecule has 2 aliphatic heterocycles. The van der Waals surface area contributed by atoms with Gasteiger partial charge in [-0.05, 0) is 57.0 Å². The first-order valence-corrected chi connectivity index (χ1v) is 14.9. The average Bonchev–Trinajstić information content (AvgIpc) is 3.33. The fourth-order valence-electron chi connectivity index (χ4n) is 4.94. The Hall–Kier alpha value is -3.74. The molecule has 0 radical (unpaired) electrons. The van der Waals surface area contributed by atoms with Crippen molar-refractivity contribution >= 4 is 18.0 Å². The van der Waals surface area contributed by atoms with E-state index in [2.05, 4.69) is 0 Å². The molecule has 0 bridgehead atoms. The highest BCUT2D eigenvalue weighted by molar-refractivity contribution is 5.97. The molecule has 11 nitrogen and oxygen atoms in total. The quantitative estimate of drug-likeness (QED) is 0.234. The van der Waals surface area contributed by atoms with E-state index in [1.165, 1.54) is 13.2 Å². The molecule has 0 saturated carbocycles. The minimum Gasteiger partial charge on any atom is -0.491 e. The van der Waals surface area contributed by atoms with E-state index in [-0.39, 0.29) is 30.6 Å². The number of cyclic esters (lactones) is 1. The highest BCUT2D eigenvalue weighted by Gasteiger charge is 2.45. The normalized spacial score (nSPS) is 26.0. The second kappa shape index (κ2) is 15.5. The van der Waals surface area contributed by atoms with Crippen LogP contribution in [-0.2, 0) is 23.7 Å². The Balaban J connectivity index is 1.74. The number of carbonyl (C=O) groups is 2. The number of fused-ring (bicyclic) bond motifs is 2. The fraction of sp³-hybridized carbons (Fsp3) is 0.471. The third-order valence-corrected chi connectivity index (χ3v) is 7.40. The lowest BCUT2D eigenvalue weighted by molar-refractivity contribution is -0.152. The van der Waals surface area contributed by atoms with Gasteiger partial charge in [-0.1, -0.05) is 43.4 Å². The van der Waals surface area contributed by atoms with Crippen molar-refractivity contribution in [2.45, 2.75) is 70.4 Å². The summed E-state index contributed by atoms with van der Waals surface area (Å²) >= 11 is 0. The Labute approximate surface area is 263 Å². The minimum absolute atomic E-state index is 0.145. The van der Waals surface area contributed by atoms with Crippen LogP contribution in [0.5, 0.6) is 11.5 Å². The molecule has 0 aliphatic carbocycles. The summed E-state index contributed by atoms with van der Waals surface area (Å²) < 4.78 is 41.0. The summed E-state index contributed by atoms with van der Waals surface area (Å²) in [6.07, 6.45) is 3.84. The Morgan fingerprint density at radius 2 is 1.84 bits per heavy atom. The molecule has 0 aromatic heterocycles. The van der Waals surface area contributed by atoms with Crippen molar-refractivity contribution in [1.29, 1.82) is 0 Å². The largest absolute Gasteiger partial charge is 0.491 e. The van der Waals surface area contributed by atoms with Gasteiger partial charge < -0.3 is 43.4 Å². The number of rotatable bonds is 9. The maximum atomic E-state index is 13.6. The number of ether oxygens (including phenoxy) is 7. The molecule has 244 valence electrons. The van der Waals surface area contributed by atoms with E-state index in [9.17, 15) is 19.8 Å². The third kappa shape index (κ3) is 9.15. The third-order valence-electron chi connectivity index (χ3n) is 7.40. The van der Waals surface area contributed by atoms with Crippen LogP contribution < -0.4 is 9.47 Å². The SMILES string of the molecule is COCOc1cc(OCC(O)CO)cc2c1C(=O)O[C@@H](C)[C@H](C)/C=C\C(OC(=O)c1ccccc1)C1OC(C)(C)O[C@H]1CC=C2. The molecule has 3 unspecified atom stereocenters. The molecule has 2 aromatic rings. The van der Waals surface area contributed by atoms with E-state index in [1.807, 2.05) is 25.1 Å². The van der Waals surface area contributed by atoms with Gasteiger partial charge in [0, 0.05) is 19.1 Å². The van der Waals surface area contributed by atoms with Crippen LogP contribution in [0.4, 0.5) is 0 Å². The van der Waals surface area contributed by atoms with Crippen LogP contribution in [0.3, 0.4) is 0 Å². The summed E-state index contributed by atoms with van der Waals surface area (Å²) in [5.74, 6) is -1.91. The van der Waals surface area contributed by atoms with Crippen molar-refractivity contribution < 1.29 is 53.0 Å². The number of hydrogen-bond donors (Lipinski definition) is 2. The molecule has 2 aromatic carbocycles. The summed E-state index contributed by atoms with van der Waals surface area (Å²) in [5, 5.41) is 19.0. The minimum atomic E-state index is -1.10. The lowest BCUT2D eigenvalue weighted by Crippen LogP contribution is -2.37. The van der Waals surface area contributed by atoms with E-state index < -0.39 is 54.9 Å². The zero-order valence-electron chi connectivity index (χ0n) is 26.2. The molecule has 2 N–H and O–H groups in total. The van der Waals surface area contributed by atoms with E-state index in [1.54, 1.807) is 63.3 Å². The standard InChI is InChI=1S/C34H42O11/c1-21-14-15-27(43-32(37)23-10-7-6-8-11-23)31-28(44-34(3,4)45-31)13-9-12-24-16-26(40-19-25(36)18-35)17-29(41-20-39-5)30(24)33(38)42-22(21)2/h6-12,14-17,21-22,25,27-28,31,35-36H,13,18-20H2,1-5H3/b12-9?,15-14-/t21-,22+,25?,27?,28+,31?/m1/s1. The van der Waals surface area contributed by atoms with Crippen LogP contribution in [0, 0.1) is 5.92 Å². The Kier molecular flexibility index (Phi) is 11.8. The van der Waals surface area contributed by atoms with Crippen molar-refractivity contribution in [3.63, 3.8) is 0 Å². The number of aliphatic hydroxyl groups excluding tert-OH is 2. The maximum Gasteiger partial charge on any atom is 0.342 e. The van der Waals surface area contributed by atoms with Crippen molar-refractivity contribution in [2.24, 2.45) is 5.92 Å². The van der Waals surface area contributed by atoms with Gasteiger partial charge in [0.25, 0.3) is 0 Å². The molecule has 2 aliphatic rings. The number of hydrogen-bond acceptors (Lipinski definition) is 11. The van der Waals surface area contributed by atoms with Gasteiger partial charge in [0.2, 0.25) is 0 Å². The van der Waals surface area contributed by atoms with E-state index in [0.717, 1.165) is 0 Å². The van der Waals surface area contributed by atoms with Crippen LogP contribution in [0.15, 0.2) is 60.7 Å². The summed E-state index contributed by atoms with van der Waals surface area (Å²) in [4.78, 5) is 26.8. The van der Waals surface area contributed by atoms with Crippen LogP contribution in [-0.4, -0.2) is 85.6 Å². The summed E-state index contributed by atoms with van der Waals surface area (Å²) in [6, 6.07) is 11.8. The first-order chi connectivity index (χ1) is 21.5. The monoisotopic (exact) mass is 626 g/mol. The van der Waals surface area contributed by atoms with Crippen LogP contribution in [0.1, 0.15) is 60.4 Å². The molecule has 11 heteroatoms. The smallest absolute Gasteiger partial charge is 0.342 e. The van der Waals surface area contributed by atoms with Crippen LogP contribution in [0.2, 0.25) is 0 Å². The molecule has 1 saturated heterocycles. The first-order valence-electron chi connectivity index (χ1n) is 14.9. The van der Waals surface area contributed by atoms with E-state index >= 15 is 0 Å². The number of benzene rings is 2. The van der Waals surface area contributed by atoms with E-state index in [4.69, 9.17) is 33.2 Å². The highest BCUT2D eigenvalue weighted by Crippen LogP contribution is 2.36. The molecule has 4 rings (SSSR count). The number of esters is 2. The highest BCUT2D eigenvalue weighted by atomic mass is 16.8. The van der Waals surface area contributed by atoms with Crippen LogP contribution >= 0.6 is 0 Å². The number of carbonyl (C=O) groups excluding carboxylic acids is 2. The predicted molar refractivity (Wildman–Crippen MR) is 164 cm³/mol. The average molecular weight is 627 g/mol. The number of aliphatic hydroxyl groups is 2. The van der Waals surface area contributed by atoms with Crippen molar-refractivity contribution in [3.05, 3.63) is 77.4 Å². The lowest BCUT2D eigenvalue weighted by atomic mass is 9.98. The zero-order chi connectivity index (χ0) is 32.6. The van der Waals surface area contributed by atoms with Gasteiger partial charge in [0.1, 0.15) is 48.1 Å². The zero-order valence-corrected chi connectivity index (χ0v) is 26.2. The predicted octanol–water partition coefficient (Wildman–Crippen LogP) is 4.30. The molecule has 1 fully saturated rings. The molecule has 0 spiro atoms. The second-order valence-electron chi connectivity index (χ2n) is 11.5. The van der Waals surface area contributed by atoms with Gasteiger partial charge >= 0.3 is 11.9 Å².